The summed E-state index contributed by atoms with van der Waals surface area (Å²) >= 11 is 3.22. The Morgan fingerprint density at radius 1 is 0.935 bits per heavy atom. The van der Waals surface area contributed by atoms with E-state index in [2.05, 4.69) is 41.5 Å². The van der Waals surface area contributed by atoms with Crippen LogP contribution in [0, 0.1) is 0 Å². The molecule has 4 rings (SSSR count). The van der Waals surface area contributed by atoms with Crippen LogP contribution in [0.4, 0.5) is 30.6 Å². The van der Waals surface area contributed by atoms with Crippen molar-refractivity contribution in [2.24, 2.45) is 0 Å². The number of hydrogen-bond donors (Lipinski definition) is 2. The van der Waals surface area contributed by atoms with E-state index in [-0.39, 0.29) is 0 Å². The van der Waals surface area contributed by atoms with Crippen LogP contribution in [0.15, 0.2) is 53.1 Å². The van der Waals surface area contributed by atoms with E-state index in [0.29, 0.717) is 39.4 Å². The molecule has 9 heteroatoms. The first-order valence-electron chi connectivity index (χ1n) is 10.1. The molecule has 0 bridgehead atoms. The highest BCUT2D eigenvalue weighted by Gasteiger charge is 2.30. The second kappa shape index (κ2) is 9.21. The van der Waals surface area contributed by atoms with Crippen molar-refractivity contribution in [2.45, 2.75) is 44.3 Å². The molecule has 2 N–H and O–H groups in total. The van der Waals surface area contributed by atoms with Crippen LogP contribution in [-0.4, -0.2) is 21.0 Å². The zero-order valence-electron chi connectivity index (χ0n) is 16.6. The highest BCUT2D eigenvalue weighted by atomic mass is 79.9. The third-order valence-electron chi connectivity index (χ3n) is 5.15. The Hall–Kier alpha value is -2.68. The van der Waals surface area contributed by atoms with Gasteiger partial charge in [0, 0.05) is 22.8 Å². The average molecular weight is 492 g/mol. The van der Waals surface area contributed by atoms with Gasteiger partial charge in [-0.25, -0.2) is 4.98 Å². The maximum Gasteiger partial charge on any atom is 0.416 e. The van der Waals surface area contributed by atoms with Gasteiger partial charge in [-0.1, -0.05) is 25.3 Å². The summed E-state index contributed by atoms with van der Waals surface area (Å²) in [5, 5.41) is 6.52. The van der Waals surface area contributed by atoms with Crippen molar-refractivity contribution in [1.82, 2.24) is 15.0 Å². The van der Waals surface area contributed by atoms with Crippen molar-refractivity contribution in [3.8, 4) is 11.4 Å². The van der Waals surface area contributed by atoms with Crippen molar-refractivity contribution in [1.29, 1.82) is 0 Å². The van der Waals surface area contributed by atoms with E-state index in [1.165, 1.54) is 25.3 Å². The summed E-state index contributed by atoms with van der Waals surface area (Å²) in [7, 11) is 0. The lowest BCUT2D eigenvalue weighted by molar-refractivity contribution is -0.137. The molecule has 31 heavy (non-hydrogen) atoms. The van der Waals surface area contributed by atoms with Gasteiger partial charge in [-0.15, -0.1) is 0 Å². The van der Waals surface area contributed by atoms with Gasteiger partial charge < -0.3 is 10.6 Å². The molecule has 0 atom stereocenters. The number of benzene rings is 1. The number of halogens is 4. The lowest BCUT2D eigenvalue weighted by atomic mass is 9.96. The lowest BCUT2D eigenvalue weighted by Gasteiger charge is -2.23. The van der Waals surface area contributed by atoms with Crippen LogP contribution in [0.2, 0.25) is 0 Å². The van der Waals surface area contributed by atoms with E-state index in [4.69, 9.17) is 0 Å². The molecule has 0 spiro atoms. The molecule has 3 aromatic rings. The Kier molecular flexibility index (Phi) is 6.41. The number of pyridine rings is 1. The highest BCUT2D eigenvalue weighted by molar-refractivity contribution is 9.10. The summed E-state index contributed by atoms with van der Waals surface area (Å²) in [5.41, 5.74) is 1.06. The number of alkyl halides is 3. The SMILES string of the molecule is FC(F)(F)c1ccc(Nc2cc(-c3ccccn3)nc(NC3CCCCC3)n2)c(Br)c1. The number of aromatic nitrogens is 3. The van der Waals surface area contributed by atoms with Gasteiger partial charge in [0.2, 0.25) is 5.95 Å². The molecule has 0 amide bonds. The van der Waals surface area contributed by atoms with Gasteiger partial charge in [0.25, 0.3) is 0 Å². The fourth-order valence-electron chi connectivity index (χ4n) is 3.58. The van der Waals surface area contributed by atoms with Crippen LogP contribution in [0.3, 0.4) is 0 Å². The van der Waals surface area contributed by atoms with E-state index >= 15 is 0 Å². The first-order chi connectivity index (χ1) is 14.9. The standard InChI is InChI=1S/C22H21BrF3N5/c23-16-12-14(22(24,25)26)9-10-17(16)29-20-13-19(18-8-4-5-11-27-18)30-21(31-20)28-15-6-2-1-3-7-15/h4-5,8-13,15H,1-3,6-7H2,(H2,28,29,30,31). The van der Waals surface area contributed by atoms with Gasteiger partial charge in [0.15, 0.2) is 0 Å². The van der Waals surface area contributed by atoms with Crippen LogP contribution < -0.4 is 10.6 Å². The van der Waals surface area contributed by atoms with Gasteiger partial charge in [-0.3, -0.25) is 4.98 Å². The minimum absolute atomic E-state index is 0.294. The minimum atomic E-state index is -4.40. The number of anilines is 3. The molecule has 0 unspecified atom stereocenters. The fourth-order valence-corrected chi connectivity index (χ4v) is 4.06. The summed E-state index contributed by atoms with van der Waals surface area (Å²) in [4.78, 5) is 13.5. The Morgan fingerprint density at radius 2 is 1.74 bits per heavy atom. The van der Waals surface area contributed by atoms with Gasteiger partial charge >= 0.3 is 6.18 Å². The van der Waals surface area contributed by atoms with Gasteiger partial charge in [-0.2, -0.15) is 18.2 Å². The molecule has 0 aliphatic heterocycles. The van der Waals surface area contributed by atoms with E-state index in [1.807, 2.05) is 18.2 Å². The molecule has 1 aromatic carbocycles. The highest BCUT2D eigenvalue weighted by Crippen LogP contribution is 2.35. The molecular weight excluding hydrogens is 471 g/mol. The first kappa shape index (κ1) is 21.5. The molecule has 1 aliphatic carbocycles. The second-order valence-electron chi connectivity index (χ2n) is 7.47. The number of nitrogens with zero attached hydrogens (tertiary/aromatic N) is 3. The van der Waals surface area contributed by atoms with Crippen molar-refractivity contribution >= 4 is 33.4 Å². The van der Waals surface area contributed by atoms with Gasteiger partial charge in [0.1, 0.15) is 5.82 Å². The lowest BCUT2D eigenvalue weighted by Crippen LogP contribution is -2.23. The van der Waals surface area contributed by atoms with Crippen molar-refractivity contribution in [2.75, 3.05) is 10.6 Å². The predicted octanol–water partition coefficient (Wildman–Crippen LogP) is 6.81. The summed E-state index contributed by atoms with van der Waals surface area (Å²) in [6, 6.07) is 11.0. The van der Waals surface area contributed by atoms with Gasteiger partial charge in [-0.05, 0) is 59.1 Å². The monoisotopic (exact) mass is 491 g/mol. The quantitative estimate of drug-likeness (QED) is 0.410. The molecule has 1 saturated carbocycles. The number of nitrogens with one attached hydrogen (secondary N) is 2. The maximum atomic E-state index is 13.0. The third kappa shape index (κ3) is 5.52. The van der Waals surface area contributed by atoms with Crippen molar-refractivity contribution in [3.63, 3.8) is 0 Å². The summed E-state index contributed by atoms with van der Waals surface area (Å²) in [5.74, 6) is 0.940. The average Bonchev–Trinajstić information content (AvgIpc) is 2.76. The molecule has 5 nitrogen and oxygen atoms in total. The molecular formula is C22H21BrF3N5. The van der Waals surface area contributed by atoms with Crippen molar-refractivity contribution < 1.29 is 13.2 Å². The fraction of sp³-hybridized carbons (Fsp3) is 0.318. The molecule has 2 heterocycles. The van der Waals surface area contributed by atoms with Crippen LogP contribution in [0.1, 0.15) is 37.7 Å². The molecule has 0 radical (unpaired) electrons. The predicted molar refractivity (Wildman–Crippen MR) is 118 cm³/mol. The van der Waals surface area contributed by atoms with Crippen LogP contribution in [-0.2, 0) is 6.18 Å². The van der Waals surface area contributed by atoms with E-state index < -0.39 is 11.7 Å². The molecule has 0 saturated heterocycles. The zero-order chi connectivity index (χ0) is 21.8. The van der Waals surface area contributed by atoms with E-state index in [9.17, 15) is 13.2 Å². The van der Waals surface area contributed by atoms with Crippen LogP contribution in [0.25, 0.3) is 11.4 Å². The first-order valence-corrected chi connectivity index (χ1v) is 10.9. The Bertz CT molecular complexity index is 1040. The van der Waals surface area contributed by atoms with E-state index in [1.54, 1.807) is 12.3 Å². The summed E-state index contributed by atoms with van der Waals surface area (Å²) < 4.78 is 39.2. The molecule has 2 aromatic heterocycles. The molecule has 162 valence electrons. The maximum absolute atomic E-state index is 13.0. The largest absolute Gasteiger partial charge is 0.416 e. The van der Waals surface area contributed by atoms with Crippen LogP contribution >= 0.6 is 15.9 Å². The number of hydrogen-bond acceptors (Lipinski definition) is 5. The summed E-state index contributed by atoms with van der Waals surface area (Å²) in [6.07, 6.45) is 2.98. The smallest absolute Gasteiger partial charge is 0.351 e. The number of rotatable bonds is 5. The Labute approximate surface area is 186 Å². The minimum Gasteiger partial charge on any atom is -0.351 e. The third-order valence-corrected chi connectivity index (χ3v) is 5.81. The van der Waals surface area contributed by atoms with Gasteiger partial charge in [0.05, 0.1) is 22.6 Å². The van der Waals surface area contributed by atoms with Crippen molar-refractivity contribution in [3.05, 3.63) is 58.7 Å². The summed E-state index contributed by atoms with van der Waals surface area (Å²) in [6.45, 7) is 0. The van der Waals surface area contributed by atoms with E-state index in [0.717, 1.165) is 25.0 Å². The topological polar surface area (TPSA) is 62.7 Å². The Morgan fingerprint density at radius 3 is 2.42 bits per heavy atom. The Balaban J connectivity index is 1.65. The second-order valence-corrected chi connectivity index (χ2v) is 8.33. The normalized spacial score (nSPS) is 15.0. The molecule has 1 fully saturated rings. The van der Waals surface area contributed by atoms with Crippen LogP contribution in [0.5, 0.6) is 0 Å². The molecule has 1 aliphatic rings. The zero-order valence-corrected chi connectivity index (χ0v) is 18.2.